The first-order chi connectivity index (χ1) is 16.4. The van der Waals surface area contributed by atoms with E-state index in [4.69, 9.17) is 11.3 Å². The molecule has 0 saturated heterocycles. The highest BCUT2D eigenvalue weighted by molar-refractivity contribution is 5.98. The van der Waals surface area contributed by atoms with Crippen molar-refractivity contribution in [3.05, 3.63) is 63.9 Å². The van der Waals surface area contributed by atoms with Gasteiger partial charge in [0.15, 0.2) is 5.69 Å². The van der Waals surface area contributed by atoms with E-state index in [1.807, 2.05) is 0 Å². The molecule has 1 aromatic carbocycles. The number of hydrogen-bond donors (Lipinski definition) is 3. The highest BCUT2D eigenvalue weighted by Gasteiger charge is 2.23. The largest absolute Gasteiger partial charge is 0.480 e. The molecule has 3 rings (SSSR count). The van der Waals surface area contributed by atoms with Crippen molar-refractivity contribution in [2.75, 3.05) is 25.1 Å². The highest BCUT2D eigenvalue weighted by Crippen LogP contribution is 2.22. The van der Waals surface area contributed by atoms with Gasteiger partial charge in [-0.15, -0.1) is 0 Å². The molecule has 3 N–H and O–H groups in total. The summed E-state index contributed by atoms with van der Waals surface area (Å²) in [5.41, 5.74) is 2.39. The first kappa shape index (κ1) is 25.1. The van der Waals surface area contributed by atoms with E-state index < -0.39 is 23.7 Å². The molecule has 34 heavy (non-hydrogen) atoms. The van der Waals surface area contributed by atoms with Crippen LogP contribution in [-0.4, -0.2) is 47.8 Å². The number of halogens is 1. The first-order valence-corrected chi connectivity index (χ1v) is 11.4. The standard InChI is InChI=1S/C25H29FN4O4/c1-16-14-19(27-2)15-20(26)22(16)24(31)30-21(25(32)33)10-13-34-12-4-3-7-18-9-8-17-6-5-11-28-23(17)29-18/h8-9,14-15,21H,3-7,10-13H2,1H3,(H,28,29)(H,30,31)(H,32,33)/t21-/m0/s1. The molecule has 0 fully saturated rings. The Balaban J connectivity index is 1.39. The first-order valence-electron chi connectivity index (χ1n) is 11.4. The third-order valence-corrected chi connectivity index (χ3v) is 5.71. The summed E-state index contributed by atoms with van der Waals surface area (Å²) in [5, 5.41) is 15.1. The van der Waals surface area contributed by atoms with E-state index in [1.165, 1.54) is 18.6 Å². The lowest BCUT2D eigenvalue weighted by molar-refractivity contribution is -0.139. The van der Waals surface area contributed by atoms with E-state index in [0.29, 0.717) is 6.61 Å². The van der Waals surface area contributed by atoms with Crippen molar-refractivity contribution in [1.29, 1.82) is 0 Å². The van der Waals surface area contributed by atoms with Gasteiger partial charge in [0.1, 0.15) is 17.7 Å². The Morgan fingerprint density at radius 2 is 2.15 bits per heavy atom. The number of aryl methyl sites for hydroxylation is 3. The fourth-order valence-corrected chi connectivity index (χ4v) is 3.89. The summed E-state index contributed by atoms with van der Waals surface area (Å²) in [6.45, 7) is 10.0. The second-order valence-electron chi connectivity index (χ2n) is 8.29. The summed E-state index contributed by atoms with van der Waals surface area (Å²) in [7, 11) is 0. The maximum Gasteiger partial charge on any atom is 0.326 e. The monoisotopic (exact) mass is 468 g/mol. The molecular formula is C25H29FN4O4. The molecule has 1 aliphatic rings. The molecule has 1 atom stereocenters. The quantitative estimate of drug-likeness (QED) is 0.339. The number of aromatic nitrogens is 1. The molecule has 2 aromatic rings. The van der Waals surface area contributed by atoms with Gasteiger partial charge in [0.25, 0.3) is 5.91 Å². The van der Waals surface area contributed by atoms with Crippen molar-refractivity contribution < 1.29 is 23.8 Å². The Bertz CT molecular complexity index is 1060. The van der Waals surface area contributed by atoms with Gasteiger partial charge in [-0.25, -0.2) is 19.0 Å². The van der Waals surface area contributed by atoms with Crippen LogP contribution in [0.3, 0.4) is 0 Å². The molecule has 2 heterocycles. The van der Waals surface area contributed by atoms with Crippen LogP contribution >= 0.6 is 0 Å². The minimum absolute atomic E-state index is 0.0555. The van der Waals surface area contributed by atoms with Crippen LogP contribution in [0.5, 0.6) is 0 Å². The topological polar surface area (TPSA) is 105 Å². The van der Waals surface area contributed by atoms with Crippen LogP contribution in [0.1, 0.15) is 52.9 Å². The number of carbonyl (C=O) groups is 2. The predicted octanol–water partition coefficient (Wildman–Crippen LogP) is 4.05. The average molecular weight is 469 g/mol. The zero-order valence-corrected chi connectivity index (χ0v) is 19.2. The second kappa shape index (κ2) is 12.1. The molecule has 0 spiro atoms. The summed E-state index contributed by atoms with van der Waals surface area (Å²) < 4.78 is 19.8. The van der Waals surface area contributed by atoms with Gasteiger partial charge in [0.05, 0.1) is 12.1 Å². The molecule has 0 aliphatic carbocycles. The number of carboxylic acids is 1. The number of rotatable bonds is 11. The number of carbonyl (C=O) groups excluding carboxylic acids is 1. The Morgan fingerprint density at radius 3 is 2.88 bits per heavy atom. The highest BCUT2D eigenvalue weighted by atomic mass is 19.1. The molecule has 1 aliphatic heterocycles. The average Bonchev–Trinajstić information content (AvgIpc) is 2.81. The van der Waals surface area contributed by atoms with Gasteiger partial charge in [0.2, 0.25) is 0 Å². The Hall–Kier alpha value is -3.51. The smallest absolute Gasteiger partial charge is 0.326 e. The number of amides is 1. The Kier molecular flexibility index (Phi) is 8.93. The summed E-state index contributed by atoms with van der Waals surface area (Å²) in [6, 6.07) is 5.34. The van der Waals surface area contributed by atoms with Crippen molar-refractivity contribution in [3.8, 4) is 0 Å². The van der Waals surface area contributed by atoms with Crippen molar-refractivity contribution >= 4 is 23.4 Å². The minimum atomic E-state index is -1.22. The SMILES string of the molecule is [C-]#[N+]c1cc(C)c(C(=O)N[C@@H](CCOCCCCc2ccc3c(n2)NCCC3)C(=O)O)c(F)c1. The number of hydrogen-bond acceptors (Lipinski definition) is 5. The van der Waals surface area contributed by atoms with Crippen LogP contribution in [-0.2, 0) is 22.4 Å². The van der Waals surface area contributed by atoms with Gasteiger partial charge in [0, 0.05) is 31.9 Å². The third kappa shape index (κ3) is 6.75. The zero-order chi connectivity index (χ0) is 24.5. The van der Waals surface area contributed by atoms with Crippen molar-refractivity contribution in [1.82, 2.24) is 10.3 Å². The number of fused-ring (bicyclic) bond motifs is 1. The van der Waals surface area contributed by atoms with E-state index in [9.17, 15) is 19.1 Å². The number of nitrogens with zero attached hydrogens (tertiary/aromatic N) is 2. The summed E-state index contributed by atoms with van der Waals surface area (Å²) in [5.74, 6) is -1.92. The lowest BCUT2D eigenvalue weighted by Gasteiger charge is -2.17. The lowest BCUT2D eigenvalue weighted by atomic mass is 10.1. The molecule has 0 unspecified atom stereocenters. The second-order valence-corrected chi connectivity index (χ2v) is 8.29. The van der Waals surface area contributed by atoms with Gasteiger partial charge in [-0.1, -0.05) is 12.1 Å². The van der Waals surface area contributed by atoms with Gasteiger partial charge < -0.3 is 20.5 Å². The molecule has 0 saturated carbocycles. The molecular weight excluding hydrogens is 439 g/mol. The Labute approximate surface area is 198 Å². The van der Waals surface area contributed by atoms with E-state index >= 15 is 0 Å². The van der Waals surface area contributed by atoms with E-state index in [-0.39, 0.29) is 29.8 Å². The number of pyridine rings is 1. The minimum Gasteiger partial charge on any atom is -0.480 e. The van der Waals surface area contributed by atoms with E-state index in [0.717, 1.165) is 56.2 Å². The van der Waals surface area contributed by atoms with Gasteiger partial charge in [-0.2, -0.15) is 0 Å². The number of nitrogens with one attached hydrogen (secondary N) is 2. The number of ether oxygens (including phenoxy) is 1. The fourth-order valence-electron chi connectivity index (χ4n) is 3.89. The van der Waals surface area contributed by atoms with Gasteiger partial charge in [-0.05, 0) is 62.3 Å². The zero-order valence-electron chi connectivity index (χ0n) is 19.2. The fraction of sp³-hybridized carbons (Fsp3) is 0.440. The number of anilines is 1. The van der Waals surface area contributed by atoms with Crippen LogP contribution in [0.4, 0.5) is 15.9 Å². The number of aliphatic carboxylic acids is 1. The van der Waals surface area contributed by atoms with E-state index in [1.54, 1.807) is 0 Å². The Morgan fingerprint density at radius 1 is 1.32 bits per heavy atom. The number of carboxylic acid groups (broad SMARTS) is 1. The third-order valence-electron chi connectivity index (χ3n) is 5.71. The van der Waals surface area contributed by atoms with Crippen LogP contribution in [0.15, 0.2) is 24.3 Å². The van der Waals surface area contributed by atoms with Crippen molar-refractivity contribution in [2.45, 2.75) is 51.5 Å². The van der Waals surface area contributed by atoms with Crippen LogP contribution in [0, 0.1) is 19.3 Å². The lowest BCUT2D eigenvalue weighted by Crippen LogP contribution is -2.42. The normalized spacial score (nSPS) is 13.3. The maximum absolute atomic E-state index is 14.2. The summed E-state index contributed by atoms with van der Waals surface area (Å²) in [6.07, 6.45) is 4.77. The van der Waals surface area contributed by atoms with Crippen molar-refractivity contribution in [3.63, 3.8) is 0 Å². The molecule has 0 radical (unpaired) electrons. The van der Waals surface area contributed by atoms with Crippen LogP contribution in [0.25, 0.3) is 4.85 Å². The van der Waals surface area contributed by atoms with Crippen LogP contribution in [0.2, 0.25) is 0 Å². The van der Waals surface area contributed by atoms with Crippen LogP contribution < -0.4 is 10.6 Å². The summed E-state index contributed by atoms with van der Waals surface area (Å²) in [4.78, 5) is 31.8. The van der Waals surface area contributed by atoms with Gasteiger partial charge >= 0.3 is 5.97 Å². The predicted molar refractivity (Wildman–Crippen MR) is 126 cm³/mol. The number of benzene rings is 1. The maximum atomic E-state index is 14.2. The molecule has 9 heteroatoms. The number of unbranched alkanes of at least 4 members (excludes halogenated alkanes) is 1. The van der Waals surface area contributed by atoms with Gasteiger partial charge in [-0.3, -0.25) is 4.79 Å². The molecule has 180 valence electrons. The molecule has 0 bridgehead atoms. The molecule has 8 nitrogen and oxygen atoms in total. The van der Waals surface area contributed by atoms with Crippen molar-refractivity contribution in [2.24, 2.45) is 0 Å². The summed E-state index contributed by atoms with van der Waals surface area (Å²) >= 11 is 0. The molecule has 1 aromatic heterocycles. The molecule has 1 amide bonds. The van der Waals surface area contributed by atoms with E-state index in [2.05, 4.69) is 32.6 Å².